The Morgan fingerprint density at radius 1 is 0.941 bits per heavy atom. The van der Waals surface area contributed by atoms with Crippen LogP contribution in [0.25, 0.3) is 5.69 Å². The van der Waals surface area contributed by atoms with Gasteiger partial charge in [0.2, 0.25) is 0 Å². The number of nitrogens with zero attached hydrogens (tertiary/aromatic N) is 4. The van der Waals surface area contributed by atoms with E-state index in [1.807, 2.05) is 13.8 Å². The number of carbonyl (C=O) groups excluding carboxylic acids is 2. The maximum Gasteiger partial charge on any atom is 0.291 e. The molecule has 2 amide bonds. The van der Waals surface area contributed by atoms with Crippen molar-refractivity contribution in [2.75, 3.05) is 23.8 Å². The molecular weight excluding hydrogens is 440 g/mol. The first-order chi connectivity index (χ1) is 16.6. The van der Waals surface area contributed by atoms with Gasteiger partial charge in [0.25, 0.3) is 11.8 Å². The van der Waals surface area contributed by atoms with Crippen LogP contribution in [0.3, 0.4) is 0 Å². The van der Waals surface area contributed by atoms with Crippen LogP contribution in [-0.2, 0) is 0 Å². The Balaban J connectivity index is 1.63. The third-order valence-corrected chi connectivity index (χ3v) is 4.64. The molecule has 2 heterocycles. The molecule has 2 aromatic carbocycles. The summed E-state index contributed by atoms with van der Waals surface area (Å²) in [6, 6.07) is 13.2. The molecule has 0 aliphatic heterocycles. The van der Waals surface area contributed by atoms with Gasteiger partial charge in [-0.3, -0.25) is 9.59 Å². The van der Waals surface area contributed by atoms with Crippen LogP contribution in [-0.4, -0.2) is 45.2 Å². The van der Waals surface area contributed by atoms with Crippen molar-refractivity contribution in [1.29, 1.82) is 0 Å². The summed E-state index contributed by atoms with van der Waals surface area (Å²) in [5, 5.41) is 16.7. The van der Waals surface area contributed by atoms with Gasteiger partial charge in [0.15, 0.2) is 5.76 Å². The third kappa shape index (κ3) is 5.04. The predicted octanol–water partition coefficient (Wildman–Crippen LogP) is 3.56. The van der Waals surface area contributed by atoms with Gasteiger partial charge in [-0.15, -0.1) is 5.10 Å². The summed E-state index contributed by atoms with van der Waals surface area (Å²) in [5.41, 5.74) is 1.79. The second kappa shape index (κ2) is 10.3. The molecule has 0 aliphatic carbocycles. The number of hydrogen-bond acceptors (Lipinski definition) is 8. The van der Waals surface area contributed by atoms with Gasteiger partial charge < -0.3 is 24.5 Å². The smallest absolute Gasteiger partial charge is 0.291 e. The summed E-state index contributed by atoms with van der Waals surface area (Å²) in [5.74, 6) is 0.0739. The zero-order valence-electron chi connectivity index (χ0n) is 18.5. The Kier molecular flexibility index (Phi) is 6.82. The number of rotatable bonds is 9. The van der Waals surface area contributed by atoms with E-state index in [1.165, 1.54) is 17.3 Å². The van der Waals surface area contributed by atoms with Crippen LogP contribution in [0, 0.1) is 0 Å². The van der Waals surface area contributed by atoms with Crippen molar-refractivity contribution < 1.29 is 23.5 Å². The normalized spacial score (nSPS) is 10.5. The van der Waals surface area contributed by atoms with Crippen LogP contribution in [0.15, 0.2) is 65.5 Å². The topological polar surface area (TPSA) is 133 Å². The van der Waals surface area contributed by atoms with E-state index in [-0.39, 0.29) is 11.7 Å². The first-order valence-electron chi connectivity index (χ1n) is 10.5. The summed E-state index contributed by atoms with van der Waals surface area (Å²) in [7, 11) is 0. The molecule has 0 spiro atoms. The zero-order chi connectivity index (χ0) is 23.9. The molecular formula is C23H22N6O5. The highest BCUT2D eigenvalue weighted by atomic mass is 16.5. The molecule has 0 saturated carbocycles. The molecule has 11 heteroatoms. The molecule has 174 valence electrons. The largest absolute Gasteiger partial charge is 0.492 e. The lowest BCUT2D eigenvalue weighted by Gasteiger charge is -2.17. The van der Waals surface area contributed by atoms with Gasteiger partial charge in [0.1, 0.15) is 17.8 Å². The average Bonchev–Trinajstić information content (AvgIpc) is 3.57. The Labute approximate surface area is 194 Å². The molecule has 2 aromatic heterocycles. The van der Waals surface area contributed by atoms with Gasteiger partial charge in [0.05, 0.1) is 36.5 Å². The molecule has 0 aliphatic rings. The fourth-order valence-corrected chi connectivity index (χ4v) is 3.16. The van der Waals surface area contributed by atoms with Crippen molar-refractivity contribution in [2.24, 2.45) is 0 Å². The minimum Gasteiger partial charge on any atom is -0.492 e. The SMILES string of the molecule is CCOc1cc(NC(=O)c2ccco2)c(OCC)cc1NC(=O)c1cccc(-n2cnnn2)c1. The van der Waals surface area contributed by atoms with E-state index in [0.29, 0.717) is 47.3 Å². The first-order valence-corrected chi connectivity index (χ1v) is 10.5. The third-order valence-electron chi connectivity index (χ3n) is 4.64. The fourth-order valence-electron chi connectivity index (χ4n) is 3.16. The summed E-state index contributed by atoms with van der Waals surface area (Å²) in [6.45, 7) is 4.33. The lowest BCUT2D eigenvalue weighted by Crippen LogP contribution is -2.15. The van der Waals surface area contributed by atoms with Gasteiger partial charge in [-0.1, -0.05) is 6.07 Å². The fraction of sp³-hybridized carbons (Fsp3) is 0.174. The molecule has 2 N–H and O–H groups in total. The molecule has 0 radical (unpaired) electrons. The molecule has 34 heavy (non-hydrogen) atoms. The molecule has 0 unspecified atom stereocenters. The Morgan fingerprint density at radius 3 is 2.24 bits per heavy atom. The molecule has 4 aromatic rings. The van der Waals surface area contributed by atoms with Crippen LogP contribution in [0.4, 0.5) is 11.4 Å². The predicted molar refractivity (Wildman–Crippen MR) is 123 cm³/mol. The lowest BCUT2D eigenvalue weighted by atomic mass is 10.1. The van der Waals surface area contributed by atoms with Crippen molar-refractivity contribution >= 4 is 23.2 Å². The number of hydrogen-bond donors (Lipinski definition) is 2. The first kappa shape index (κ1) is 22.5. The van der Waals surface area contributed by atoms with Crippen LogP contribution >= 0.6 is 0 Å². The van der Waals surface area contributed by atoms with E-state index in [4.69, 9.17) is 13.9 Å². The number of tetrazole rings is 1. The highest BCUT2D eigenvalue weighted by Crippen LogP contribution is 2.37. The van der Waals surface area contributed by atoms with Crippen LogP contribution in [0.5, 0.6) is 11.5 Å². The van der Waals surface area contributed by atoms with Gasteiger partial charge in [-0.2, -0.15) is 0 Å². The van der Waals surface area contributed by atoms with Crippen molar-refractivity contribution in [3.8, 4) is 17.2 Å². The second-order valence-corrected chi connectivity index (χ2v) is 6.90. The number of ether oxygens (including phenoxy) is 2. The number of aromatic nitrogens is 4. The number of carbonyl (C=O) groups is 2. The van der Waals surface area contributed by atoms with Crippen molar-refractivity contribution in [3.05, 3.63) is 72.4 Å². The molecule has 11 nitrogen and oxygen atoms in total. The van der Waals surface area contributed by atoms with Gasteiger partial charge >= 0.3 is 0 Å². The highest BCUT2D eigenvalue weighted by Gasteiger charge is 2.18. The van der Waals surface area contributed by atoms with Gasteiger partial charge in [-0.05, 0) is 54.6 Å². The van der Waals surface area contributed by atoms with Crippen LogP contribution in [0.1, 0.15) is 34.8 Å². The van der Waals surface area contributed by atoms with Gasteiger partial charge in [-0.25, -0.2) is 4.68 Å². The Morgan fingerprint density at radius 2 is 1.65 bits per heavy atom. The number of furan rings is 1. The maximum atomic E-state index is 13.0. The molecule has 0 saturated heterocycles. The summed E-state index contributed by atoms with van der Waals surface area (Å²) in [6.07, 6.45) is 2.85. The monoisotopic (exact) mass is 462 g/mol. The minimum atomic E-state index is -0.440. The lowest BCUT2D eigenvalue weighted by molar-refractivity contribution is 0.0993. The van der Waals surface area contributed by atoms with E-state index < -0.39 is 5.91 Å². The van der Waals surface area contributed by atoms with Crippen LogP contribution < -0.4 is 20.1 Å². The Bertz CT molecular complexity index is 1270. The minimum absolute atomic E-state index is 0.153. The number of nitrogens with one attached hydrogen (secondary N) is 2. The zero-order valence-corrected chi connectivity index (χ0v) is 18.5. The molecule has 0 fully saturated rings. The van der Waals surface area contributed by atoms with E-state index in [9.17, 15) is 9.59 Å². The van der Waals surface area contributed by atoms with Crippen LogP contribution in [0.2, 0.25) is 0 Å². The van der Waals surface area contributed by atoms with Crippen molar-refractivity contribution in [3.63, 3.8) is 0 Å². The van der Waals surface area contributed by atoms with E-state index in [1.54, 1.807) is 48.5 Å². The second-order valence-electron chi connectivity index (χ2n) is 6.90. The quantitative estimate of drug-likeness (QED) is 0.386. The Hall–Kier alpha value is -4.67. The summed E-state index contributed by atoms with van der Waals surface area (Å²) < 4.78 is 18.0. The molecule has 4 rings (SSSR count). The van der Waals surface area contributed by atoms with Crippen molar-refractivity contribution in [1.82, 2.24) is 20.2 Å². The standard InChI is InChI=1S/C23H22N6O5/c1-3-32-20-13-18(26-23(31)19-9-6-10-34-19)21(33-4-2)12-17(20)25-22(30)15-7-5-8-16(11-15)29-14-24-27-28-29/h5-14H,3-4H2,1-2H3,(H,25,30)(H,26,31). The maximum absolute atomic E-state index is 13.0. The number of benzene rings is 2. The van der Waals surface area contributed by atoms with Crippen molar-refractivity contribution in [2.45, 2.75) is 13.8 Å². The molecule has 0 atom stereocenters. The van der Waals surface area contributed by atoms with Gasteiger partial charge in [0, 0.05) is 17.7 Å². The number of amides is 2. The molecule has 0 bridgehead atoms. The highest BCUT2D eigenvalue weighted by molar-refractivity contribution is 6.07. The summed E-state index contributed by atoms with van der Waals surface area (Å²) in [4.78, 5) is 25.5. The average molecular weight is 462 g/mol. The number of anilines is 2. The van der Waals surface area contributed by atoms with E-state index in [0.717, 1.165) is 0 Å². The van der Waals surface area contributed by atoms with E-state index in [2.05, 4.69) is 26.2 Å². The summed E-state index contributed by atoms with van der Waals surface area (Å²) >= 11 is 0. The van der Waals surface area contributed by atoms with E-state index >= 15 is 0 Å².